The molecule has 18 heavy (non-hydrogen) atoms. The number of methoxy groups -OCH3 is 1. The summed E-state index contributed by atoms with van der Waals surface area (Å²) in [4.78, 5) is 0. The molecule has 3 heteroatoms. The third-order valence-corrected chi connectivity index (χ3v) is 3.98. The highest BCUT2D eigenvalue weighted by atomic mass is 79.9. The van der Waals surface area contributed by atoms with Crippen molar-refractivity contribution in [3.63, 3.8) is 0 Å². The van der Waals surface area contributed by atoms with Gasteiger partial charge in [0.05, 0.1) is 5.60 Å². The summed E-state index contributed by atoms with van der Waals surface area (Å²) in [6, 6.07) is 9.07. The summed E-state index contributed by atoms with van der Waals surface area (Å²) >= 11 is 3.60. The zero-order valence-electron chi connectivity index (χ0n) is 12.0. The maximum Gasteiger partial charge on any atom is 0.0637 e. The van der Waals surface area contributed by atoms with Gasteiger partial charge in [-0.25, -0.2) is 0 Å². The molecule has 0 bridgehead atoms. The van der Waals surface area contributed by atoms with E-state index < -0.39 is 0 Å². The monoisotopic (exact) mass is 313 g/mol. The summed E-state index contributed by atoms with van der Waals surface area (Å²) in [5, 5.41) is 3.62. The first-order valence-corrected chi connectivity index (χ1v) is 7.20. The normalized spacial score (nSPS) is 15.4. The van der Waals surface area contributed by atoms with Gasteiger partial charge in [-0.15, -0.1) is 0 Å². The zero-order valence-corrected chi connectivity index (χ0v) is 13.5. The smallest absolute Gasteiger partial charge is 0.0637 e. The van der Waals surface area contributed by atoms with Gasteiger partial charge in [-0.05, 0) is 45.7 Å². The minimum atomic E-state index is -0.0833. The highest BCUT2D eigenvalue weighted by Crippen LogP contribution is 2.24. The molecule has 1 N–H and O–H groups in total. The van der Waals surface area contributed by atoms with Gasteiger partial charge in [0.1, 0.15) is 0 Å². The average Bonchev–Trinajstić information content (AvgIpc) is 2.28. The molecule has 0 aliphatic heterocycles. The van der Waals surface area contributed by atoms with Gasteiger partial charge in [-0.3, -0.25) is 0 Å². The minimum absolute atomic E-state index is 0.0833. The third kappa shape index (κ3) is 4.71. The number of ether oxygens (including phenoxy) is 1. The van der Waals surface area contributed by atoms with Crippen LogP contribution in [0.25, 0.3) is 0 Å². The molecule has 0 aliphatic carbocycles. The SMILES string of the molecule is COC(C)(C)CC(C)NC(C)c1ccccc1Br. The van der Waals surface area contributed by atoms with Crippen LogP contribution in [0, 0.1) is 0 Å². The number of nitrogens with one attached hydrogen (secondary N) is 1. The van der Waals surface area contributed by atoms with Gasteiger partial charge in [-0.1, -0.05) is 34.1 Å². The van der Waals surface area contributed by atoms with Gasteiger partial charge in [0.2, 0.25) is 0 Å². The molecule has 0 spiro atoms. The molecule has 102 valence electrons. The summed E-state index contributed by atoms with van der Waals surface area (Å²) < 4.78 is 6.63. The van der Waals surface area contributed by atoms with Crippen molar-refractivity contribution in [2.24, 2.45) is 0 Å². The van der Waals surface area contributed by atoms with Crippen LogP contribution in [0.2, 0.25) is 0 Å². The number of halogens is 1. The van der Waals surface area contributed by atoms with E-state index in [0.29, 0.717) is 12.1 Å². The van der Waals surface area contributed by atoms with E-state index in [1.807, 2.05) is 6.07 Å². The molecule has 0 heterocycles. The van der Waals surface area contributed by atoms with Crippen LogP contribution in [-0.2, 0) is 4.74 Å². The van der Waals surface area contributed by atoms with Gasteiger partial charge in [0, 0.05) is 23.7 Å². The molecule has 2 unspecified atom stereocenters. The molecule has 0 radical (unpaired) electrons. The second kappa shape index (κ2) is 6.69. The molecular weight excluding hydrogens is 290 g/mol. The van der Waals surface area contributed by atoms with Gasteiger partial charge in [0.25, 0.3) is 0 Å². The van der Waals surface area contributed by atoms with Crippen LogP contribution < -0.4 is 5.32 Å². The predicted octanol–water partition coefficient (Wildman–Crippen LogP) is 4.30. The van der Waals surface area contributed by atoms with E-state index in [4.69, 9.17) is 4.74 Å². The highest BCUT2D eigenvalue weighted by molar-refractivity contribution is 9.10. The van der Waals surface area contributed by atoms with Crippen molar-refractivity contribution in [2.45, 2.75) is 51.8 Å². The van der Waals surface area contributed by atoms with Crippen molar-refractivity contribution >= 4 is 15.9 Å². The van der Waals surface area contributed by atoms with Crippen LogP contribution in [0.4, 0.5) is 0 Å². The van der Waals surface area contributed by atoms with Crippen molar-refractivity contribution in [2.75, 3.05) is 7.11 Å². The van der Waals surface area contributed by atoms with E-state index in [2.05, 4.69) is 67.1 Å². The third-order valence-electron chi connectivity index (χ3n) is 3.26. The quantitative estimate of drug-likeness (QED) is 0.845. The molecule has 1 aromatic carbocycles. The molecule has 2 nitrogen and oxygen atoms in total. The fourth-order valence-corrected chi connectivity index (χ4v) is 2.85. The topological polar surface area (TPSA) is 21.3 Å². The Hall–Kier alpha value is -0.380. The van der Waals surface area contributed by atoms with Crippen LogP contribution >= 0.6 is 15.9 Å². The van der Waals surface area contributed by atoms with Crippen molar-refractivity contribution in [1.29, 1.82) is 0 Å². The first-order valence-electron chi connectivity index (χ1n) is 6.41. The Morgan fingerprint density at radius 3 is 2.44 bits per heavy atom. The second-order valence-corrected chi connectivity index (χ2v) is 6.33. The van der Waals surface area contributed by atoms with Crippen LogP contribution in [0.15, 0.2) is 28.7 Å². The number of benzene rings is 1. The predicted molar refractivity (Wildman–Crippen MR) is 80.9 cm³/mol. The molecule has 0 aliphatic rings. The number of hydrogen-bond donors (Lipinski definition) is 1. The van der Waals surface area contributed by atoms with Crippen molar-refractivity contribution < 1.29 is 4.74 Å². The lowest BCUT2D eigenvalue weighted by Crippen LogP contribution is -2.37. The summed E-state index contributed by atoms with van der Waals surface area (Å²) in [6.45, 7) is 8.63. The van der Waals surface area contributed by atoms with Gasteiger partial charge < -0.3 is 10.1 Å². The Balaban J connectivity index is 2.60. The van der Waals surface area contributed by atoms with E-state index in [9.17, 15) is 0 Å². The summed E-state index contributed by atoms with van der Waals surface area (Å²) in [5.41, 5.74) is 1.21. The first-order chi connectivity index (χ1) is 8.35. The van der Waals surface area contributed by atoms with Crippen molar-refractivity contribution in [3.05, 3.63) is 34.3 Å². The maximum absolute atomic E-state index is 5.47. The summed E-state index contributed by atoms with van der Waals surface area (Å²) in [6.07, 6.45) is 0.984. The van der Waals surface area contributed by atoms with Gasteiger partial charge in [-0.2, -0.15) is 0 Å². The highest BCUT2D eigenvalue weighted by Gasteiger charge is 2.21. The Morgan fingerprint density at radius 2 is 1.89 bits per heavy atom. The molecule has 0 amide bonds. The fourth-order valence-electron chi connectivity index (χ4n) is 2.22. The Bertz CT molecular complexity index is 379. The second-order valence-electron chi connectivity index (χ2n) is 5.48. The molecule has 0 saturated carbocycles. The van der Waals surface area contributed by atoms with Gasteiger partial charge in [0.15, 0.2) is 0 Å². The fraction of sp³-hybridized carbons (Fsp3) is 0.600. The summed E-state index contributed by atoms with van der Waals surface area (Å²) in [7, 11) is 1.77. The lowest BCUT2D eigenvalue weighted by atomic mass is 9.98. The molecule has 0 fully saturated rings. The Labute approximate surface area is 119 Å². The van der Waals surface area contributed by atoms with Crippen LogP contribution in [0.3, 0.4) is 0 Å². The Morgan fingerprint density at radius 1 is 1.28 bits per heavy atom. The lowest BCUT2D eigenvalue weighted by Gasteiger charge is -2.29. The molecule has 1 aromatic rings. The van der Waals surface area contributed by atoms with Crippen LogP contribution in [0.1, 0.15) is 45.7 Å². The Kier molecular flexibility index (Phi) is 5.83. The van der Waals surface area contributed by atoms with E-state index in [1.54, 1.807) is 7.11 Å². The van der Waals surface area contributed by atoms with Crippen LogP contribution in [-0.4, -0.2) is 18.8 Å². The van der Waals surface area contributed by atoms with E-state index >= 15 is 0 Å². The van der Waals surface area contributed by atoms with E-state index in [-0.39, 0.29) is 5.60 Å². The van der Waals surface area contributed by atoms with Gasteiger partial charge >= 0.3 is 0 Å². The standard InChI is InChI=1S/C15H24BrNO/c1-11(10-15(3,4)18-5)17-12(2)13-8-6-7-9-14(13)16/h6-9,11-12,17H,10H2,1-5H3. The zero-order chi connectivity index (χ0) is 13.8. The average molecular weight is 314 g/mol. The lowest BCUT2D eigenvalue weighted by molar-refractivity contribution is 0.00782. The molecule has 0 aromatic heterocycles. The van der Waals surface area contributed by atoms with Crippen molar-refractivity contribution in [3.8, 4) is 0 Å². The van der Waals surface area contributed by atoms with Crippen molar-refractivity contribution in [1.82, 2.24) is 5.32 Å². The molecule has 0 saturated heterocycles. The van der Waals surface area contributed by atoms with E-state index in [1.165, 1.54) is 5.56 Å². The van der Waals surface area contributed by atoms with Crippen LogP contribution in [0.5, 0.6) is 0 Å². The minimum Gasteiger partial charge on any atom is -0.379 e. The first kappa shape index (κ1) is 15.7. The largest absolute Gasteiger partial charge is 0.379 e. The summed E-state index contributed by atoms with van der Waals surface area (Å²) in [5.74, 6) is 0. The number of rotatable bonds is 6. The molecular formula is C15H24BrNO. The number of hydrogen-bond acceptors (Lipinski definition) is 2. The van der Waals surface area contributed by atoms with E-state index in [0.717, 1.165) is 10.9 Å². The molecule has 1 rings (SSSR count). The maximum atomic E-state index is 5.47. The molecule has 2 atom stereocenters.